The Labute approximate surface area is 169 Å². The van der Waals surface area contributed by atoms with E-state index in [2.05, 4.69) is 0 Å². The van der Waals surface area contributed by atoms with E-state index in [1.807, 2.05) is 0 Å². The van der Waals surface area contributed by atoms with Crippen molar-refractivity contribution in [1.29, 1.82) is 0 Å². The fourth-order valence-electron chi connectivity index (χ4n) is 3.12. The SMILES string of the molecule is O=C(COc1ccccc1O)N1CCN(c2ccc(C(F)(F)F)cc2[N+](=O)[O-])CC1. The van der Waals surface area contributed by atoms with Gasteiger partial charge in [0.25, 0.3) is 11.6 Å². The highest BCUT2D eigenvalue weighted by Gasteiger charge is 2.34. The van der Waals surface area contributed by atoms with Gasteiger partial charge in [-0.15, -0.1) is 0 Å². The van der Waals surface area contributed by atoms with Gasteiger partial charge < -0.3 is 19.6 Å². The molecule has 1 fully saturated rings. The lowest BCUT2D eigenvalue weighted by Crippen LogP contribution is -2.50. The Morgan fingerprint density at radius 1 is 1.13 bits per heavy atom. The highest BCUT2D eigenvalue weighted by Crippen LogP contribution is 2.36. The number of nitro benzene ring substituents is 1. The molecule has 1 heterocycles. The van der Waals surface area contributed by atoms with Crippen molar-refractivity contribution in [3.63, 3.8) is 0 Å². The summed E-state index contributed by atoms with van der Waals surface area (Å²) >= 11 is 0. The molecule has 1 N–H and O–H groups in total. The van der Waals surface area contributed by atoms with Crippen LogP contribution in [0.25, 0.3) is 0 Å². The molecule has 0 aromatic heterocycles. The van der Waals surface area contributed by atoms with E-state index in [9.17, 15) is 33.2 Å². The zero-order valence-electron chi connectivity index (χ0n) is 15.6. The number of phenolic OH excluding ortho intramolecular Hbond substituents is 1. The molecule has 1 amide bonds. The Morgan fingerprint density at radius 3 is 2.40 bits per heavy atom. The van der Waals surface area contributed by atoms with Crippen LogP contribution in [0.5, 0.6) is 11.5 Å². The van der Waals surface area contributed by atoms with Crippen LogP contribution >= 0.6 is 0 Å². The number of nitro groups is 1. The summed E-state index contributed by atoms with van der Waals surface area (Å²) in [6.45, 7) is 0.587. The summed E-state index contributed by atoms with van der Waals surface area (Å²) in [5.74, 6) is -0.255. The van der Waals surface area contributed by atoms with Gasteiger partial charge in [-0.3, -0.25) is 14.9 Å². The van der Waals surface area contributed by atoms with E-state index in [0.717, 1.165) is 12.1 Å². The van der Waals surface area contributed by atoms with E-state index in [1.54, 1.807) is 17.0 Å². The maximum absolute atomic E-state index is 12.9. The van der Waals surface area contributed by atoms with E-state index < -0.39 is 22.4 Å². The van der Waals surface area contributed by atoms with Crippen molar-refractivity contribution in [2.75, 3.05) is 37.7 Å². The molecule has 1 aliphatic heterocycles. The Hall–Kier alpha value is -3.50. The quantitative estimate of drug-likeness (QED) is 0.584. The number of rotatable bonds is 5. The van der Waals surface area contributed by atoms with Gasteiger partial charge >= 0.3 is 6.18 Å². The number of piperazine rings is 1. The highest BCUT2D eigenvalue weighted by molar-refractivity contribution is 5.78. The molecule has 0 radical (unpaired) electrons. The van der Waals surface area contributed by atoms with Crippen LogP contribution in [0.4, 0.5) is 24.5 Å². The van der Waals surface area contributed by atoms with E-state index in [-0.39, 0.29) is 55.9 Å². The maximum Gasteiger partial charge on any atom is 0.416 e. The minimum atomic E-state index is -4.68. The van der Waals surface area contributed by atoms with Gasteiger partial charge in [-0.05, 0) is 24.3 Å². The average molecular weight is 425 g/mol. The Balaban J connectivity index is 1.63. The first-order chi connectivity index (χ1) is 14.2. The Morgan fingerprint density at radius 2 is 1.80 bits per heavy atom. The molecule has 0 unspecified atom stereocenters. The minimum Gasteiger partial charge on any atom is -0.504 e. The molecule has 2 aromatic carbocycles. The van der Waals surface area contributed by atoms with Crippen LogP contribution in [-0.4, -0.2) is 53.6 Å². The molecule has 2 aromatic rings. The highest BCUT2D eigenvalue weighted by atomic mass is 19.4. The van der Waals surface area contributed by atoms with Crippen molar-refractivity contribution < 1.29 is 32.7 Å². The van der Waals surface area contributed by atoms with Crippen LogP contribution in [0, 0.1) is 10.1 Å². The summed E-state index contributed by atoms with van der Waals surface area (Å²) in [4.78, 5) is 25.8. The van der Waals surface area contributed by atoms with Gasteiger partial charge in [0.1, 0.15) is 5.69 Å². The van der Waals surface area contributed by atoms with Crippen molar-refractivity contribution in [1.82, 2.24) is 4.90 Å². The number of amides is 1. The number of carbonyl (C=O) groups is 1. The lowest BCUT2D eigenvalue weighted by atomic mass is 10.1. The fraction of sp³-hybridized carbons (Fsp3) is 0.316. The summed E-state index contributed by atoms with van der Waals surface area (Å²) in [5, 5.41) is 20.9. The third kappa shape index (κ3) is 4.73. The number of nitrogens with zero attached hydrogens (tertiary/aromatic N) is 3. The molecule has 8 nitrogen and oxygen atoms in total. The van der Waals surface area contributed by atoms with Gasteiger partial charge in [0, 0.05) is 32.2 Å². The molecule has 1 saturated heterocycles. The second-order valence-electron chi connectivity index (χ2n) is 6.58. The first-order valence-electron chi connectivity index (χ1n) is 8.96. The minimum absolute atomic E-state index is 0.0746. The van der Waals surface area contributed by atoms with E-state index in [4.69, 9.17) is 4.74 Å². The molecule has 0 bridgehead atoms. The monoisotopic (exact) mass is 425 g/mol. The number of alkyl halides is 3. The topological polar surface area (TPSA) is 96.2 Å². The van der Waals surface area contributed by atoms with Crippen LogP contribution in [0.3, 0.4) is 0 Å². The number of aromatic hydroxyl groups is 1. The summed E-state index contributed by atoms with van der Waals surface area (Å²) < 4.78 is 43.9. The molecule has 0 spiro atoms. The average Bonchev–Trinajstić information content (AvgIpc) is 2.72. The predicted octanol–water partition coefficient (Wildman–Crippen LogP) is 3.05. The molecule has 3 rings (SSSR count). The number of hydrogen-bond acceptors (Lipinski definition) is 6. The van der Waals surface area contributed by atoms with E-state index >= 15 is 0 Å². The molecule has 160 valence electrons. The van der Waals surface area contributed by atoms with Crippen molar-refractivity contribution in [2.24, 2.45) is 0 Å². The van der Waals surface area contributed by atoms with E-state index in [1.165, 1.54) is 17.0 Å². The summed E-state index contributed by atoms with van der Waals surface area (Å²) in [6.07, 6.45) is -4.68. The molecule has 0 aliphatic carbocycles. The Kier molecular flexibility index (Phi) is 5.99. The fourth-order valence-corrected chi connectivity index (χ4v) is 3.12. The van der Waals surface area contributed by atoms with Gasteiger partial charge in [0.15, 0.2) is 18.1 Å². The van der Waals surface area contributed by atoms with Gasteiger partial charge in [0.2, 0.25) is 0 Å². The number of anilines is 1. The molecular weight excluding hydrogens is 407 g/mol. The number of ether oxygens (including phenoxy) is 1. The standard InChI is InChI=1S/C19H18F3N3O5/c20-19(21,22)13-5-6-14(15(11-13)25(28)29)23-7-9-24(10-8-23)18(27)12-30-17-4-2-1-3-16(17)26/h1-6,11,26H,7-10,12H2. The van der Waals surface area contributed by atoms with Crippen molar-refractivity contribution in [2.45, 2.75) is 6.18 Å². The van der Waals surface area contributed by atoms with Gasteiger partial charge in [-0.2, -0.15) is 13.2 Å². The number of benzene rings is 2. The predicted molar refractivity (Wildman–Crippen MR) is 100 cm³/mol. The molecule has 30 heavy (non-hydrogen) atoms. The van der Waals surface area contributed by atoms with Crippen LogP contribution in [-0.2, 0) is 11.0 Å². The van der Waals surface area contributed by atoms with Crippen molar-refractivity contribution in [3.8, 4) is 11.5 Å². The van der Waals surface area contributed by atoms with Crippen molar-refractivity contribution >= 4 is 17.3 Å². The smallest absolute Gasteiger partial charge is 0.416 e. The molecule has 0 atom stereocenters. The first-order valence-corrected chi connectivity index (χ1v) is 8.96. The zero-order chi connectivity index (χ0) is 21.9. The summed E-state index contributed by atoms with van der Waals surface area (Å²) in [7, 11) is 0. The number of hydrogen-bond donors (Lipinski definition) is 1. The maximum atomic E-state index is 12.9. The largest absolute Gasteiger partial charge is 0.504 e. The number of halogens is 3. The molecular formula is C19H18F3N3O5. The normalized spacial score (nSPS) is 14.5. The summed E-state index contributed by atoms with van der Waals surface area (Å²) in [6, 6.07) is 8.62. The lowest BCUT2D eigenvalue weighted by Gasteiger charge is -2.35. The molecule has 11 heteroatoms. The van der Waals surface area contributed by atoms with Crippen LogP contribution in [0.1, 0.15) is 5.56 Å². The van der Waals surface area contributed by atoms with Crippen LogP contribution in [0.2, 0.25) is 0 Å². The first kappa shape index (κ1) is 21.2. The third-order valence-corrected chi connectivity index (χ3v) is 4.69. The summed E-state index contributed by atoms with van der Waals surface area (Å²) in [5.41, 5.74) is -1.65. The second kappa shape index (κ2) is 8.47. The van der Waals surface area contributed by atoms with Crippen LogP contribution in [0.15, 0.2) is 42.5 Å². The number of para-hydroxylation sites is 2. The second-order valence-corrected chi connectivity index (χ2v) is 6.58. The van der Waals surface area contributed by atoms with Gasteiger partial charge in [-0.1, -0.05) is 12.1 Å². The van der Waals surface area contributed by atoms with Gasteiger partial charge in [-0.25, -0.2) is 0 Å². The van der Waals surface area contributed by atoms with E-state index in [0.29, 0.717) is 6.07 Å². The zero-order valence-corrected chi connectivity index (χ0v) is 15.6. The van der Waals surface area contributed by atoms with Gasteiger partial charge in [0.05, 0.1) is 10.5 Å². The number of phenols is 1. The number of carbonyl (C=O) groups excluding carboxylic acids is 1. The van der Waals surface area contributed by atoms with Crippen LogP contribution < -0.4 is 9.64 Å². The molecule has 0 saturated carbocycles. The van der Waals surface area contributed by atoms with Crippen molar-refractivity contribution in [3.05, 3.63) is 58.1 Å². The molecule has 1 aliphatic rings. The third-order valence-electron chi connectivity index (χ3n) is 4.69. The lowest BCUT2D eigenvalue weighted by molar-refractivity contribution is -0.384. The Bertz CT molecular complexity index is 943.